The Labute approximate surface area is 155 Å². The fourth-order valence-electron chi connectivity index (χ4n) is 2.39. The number of nitrogens with zero attached hydrogens (tertiary/aromatic N) is 2. The minimum atomic E-state index is -0.283. The standard InChI is InChI=1S/C19H18N4O2S/c1-13-16(10-17(24)22-15-8-5-9-20-11-15)18(25)23-19(21-13)26-12-14-6-3-2-4-7-14/h2-9,11H,10,12H2,1H3,(H,22,24)(H,21,23,25). The molecule has 3 aromatic rings. The highest BCUT2D eigenvalue weighted by atomic mass is 32.2. The van der Waals surface area contributed by atoms with Crippen molar-refractivity contribution < 1.29 is 4.79 Å². The topological polar surface area (TPSA) is 87.7 Å². The minimum Gasteiger partial charge on any atom is -0.324 e. The van der Waals surface area contributed by atoms with E-state index in [1.807, 2.05) is 30.3 Å². The first-order valence-electron chi connectivity index (χ1n) is 8.08. The molecule has 7 heteroatoms. The largest absolute Gasteiger partial charge is 0.324 e. The maximum atomic E-state index is 12.4. The molecule has 0 radical (unpaired) electrons. The molecular formula is C19H18N4O2S. The third-order valence-electron chi connectivity index (χ3n) is 3.70. The number of carbonyl (C=O) groups is 1. The van der Waals surface area contributed by atoms with Crippen LogP contribution in [0.4, 0.5) is 5.69 Å². The van der Waals surface area contributed by atoms with E-state index in [0.717, 1.165) is 5.56 Å². The number of anilines is 1. The predicted molar refractivity (Wildman–Crippen MR) is 102 cm³/mol. The number of thioether (sulfide) groups is 1. The van der Waals surface area contributed by atoms with E-state index >= 15 is 0 Å². The maximum absolute atomic E-state index is 12.4. The van der Waals surface area contributed by atoms with Gasteiger partial charge < -0.3 is 10.3 Å². The van der Waals surface area contributed by atoms with E-state index in [-0.39, 0.29) is 17.9 Å². The van der Waals surface area contributed by atoms with Gasteiger partial charge in [0.2, 0.25) is 5.91 Å². The molecule has 0 fully saturated rings. The van der Waals surface area contributed by atoms with E-state index in [0.29, 0.717) is 27.9 Å². The second-order valence-corrected chi connectivity index (χ2v) is 6.64. The summed E-state index contributed by atoms with van der Waals surface area (Å²) in [6.45, 7) is 1.74. The second-order valence-electron chi connectivity index (χ2n) is 5.68. The number of rotatable bonds is 6. The van der Waals surface area contributed by atoms with Crippen LogP contribution >= 0.6 is 11.8 Å². The van der Waals surface area contributed by atoms with Gasteiger partial charge in [-0.2, -0.15) is 0 Å². The van der Waals surface area contributed by atoms with Crippen molar-refractivity contribution in [3.05, 3.63) is 82.0 Å². The predicted octanol–water partition coefficient (Wildman–Crippen LogP) is 2.95. The lowest BCUT2D eigenvalue weighted by atomic mass is 10.1. The zero-order valence-electron chi connectivity index (χ0n) is 14.2. The fraction of sp³-hybridized carbons (Fsp3) is 0.158. The Morgan fingerprint density at radius 1 is 1.19 bits per heavy atom. The molecule has 132 valence electrons. The molecule has 2 N–H and O–H groups in total. The van der Waals surface area contributed by atoms with Crippen LogP contribution in [0.5, 0.6) is 0 Å². The Morgan fingerprint density at radius 2 is 2.00 bits per heavy atom. The van der Waals surface area contributed by atoms with Crippen LogP contribution in [-0.4, -0.2) is 20.9 Å². The summed E-state index contributed by atoms with van der Waals surface area (Å²) in [7, 11) is 0. The molecule has 0 unspecified atom stereocenters. The molecule has 26 heavy (non-hydrogen) atoms. The van der Waals surface area contributed by atoms with Crippen molar-refractivity contribution in [2.75, 3.05) is 5.32 Å². The van der Waals surface area contributed by atoms with E-state index in [9.17, 15) is 9.59 Å². The molecule has 0 aliphatic rings. The van der Waals surface area contributed by atoms with Crippen LogP contribution in [0.2, 0.25) is 0 Å². The number of aryl methyl sites for hydroxylation is 1. The molecule has 1 aromatic carbocycles. The zero-order valence-corrected chi connectivity index (χ0v) is 15.0. The number of benzene rings is 1. The molecule has 2 heterocycles. The average Bonchev–Trinajstić information content (AvgIpc) is 2.65. The number of H-pyrrole nitrogens is 1. The van der Waals surface area contributed by atoms with Gasteiger partial charge in [0.05, 0.1) is 18.3 Å². The summed E-state index contributed by atoms with van der Waals surface area (Å²) in [5.74, 6) is 0.433. The molecule has 0 saturated carbocycles. The van der Waals surface area contributed by atoms with Gasteiger partial charge in [-0.1, -0.05) is 42.1 Å². The van der Waals surface area contributed by atoms with Gasteiger partial charge in [-0.25, -0.2) is 4.98 Å². The van der Waals surface area contributed by atoms with Crippen molar-refractivity contribution in [3.63, 3.8) is 0 Å². The van der Waals surface area contributed by atoms with E-state index in [4.69, 9.17) is 0 Å². The van der Waals surface area contributed by atoms with Gasteiger partial charge in [0.25, 0.3) is 5.56 Å². The van der Waals surface area contributed by atoms with Crippen LogP contribution in [0.25, 0.3) is 0 Å². The first-order chi connectivity index (χ1) is 12.6. The van der Waals surface area contributed by atoms with Gasteiger partial charge >= 0.3 is 0 Å². The van der Waals surface area contributed by atoms with Crippen molar-refractivity contribution in [1.29, 1.82) is 0 Å². The van der Waals surface area contributed by atoms with Crippen LogP contribution in [0.3, 0.4) is 0 Å². The van der Waals surface area contributed by atoms with Gasteiger partial charge in [-0.3, -0.25) is 14.6 Å². The number of hydrogen-bond donors (Lipinski definition) is 2. The Kier molecular flexibility index (Phi) is 5.80. The Balaban J connectivity index is 1.67. The van der Waals surface area contributed by atoms with Crippen LogP contribution in [0.15, 0.2) is 64.8 Å². The van der Waals surface area contributed by atoms with Gasteiger partial charge in [0.15, 0.2) is 5.16 Å². The normalized spacial score (nSPS) is 10.5. The average molecular weight is 366 g/mol. The highest BCUT2D eigenvalue weighted by molar-refractivity contribution is 7.98. The van der Waals surface area contributed by atoms with Crippen LogP contribution in [0.1, 0.15) is 16.8 Å². The van der Waals surface area contributed by atoms with Crippen molar-refractivity contribution in [2.45, 2.75) is 24.3 Å². The van der Waals surface area contributed by atoms with Gasteiger partial charge in [-0.15, -0.1) is 0 Å². The number of carbonyl (C=O) groups excluding carboxylic acids is 1. The van der Waals surface area contributed by atoms with Gasteiger partial charge in [-0.05, 0) is 24.6 Å². The molecule has 6 nitrogen and oxygen atoms in total. The maximum Gasteiger partial charge on any atom is 0.255 e. The third-order valence-corrected chi connectivity index (χ3v) is 4.65. The fourth-order valence-corrected chi connectivity index (χ4v) is 3.25. The van der Waals surface area contributed by atoms with E-state index in [2.05, 4.69) is 20.3 Å². The summed E-state index contributed by atoms with van der Waals surface area (Å²) in [6.07, 6.45) is 3.14. The van der Waals surface area contributed by atoms with E-state index in [1.54, 1.807) is 31.5 Å². The Hall–Kier alpha value is -2.93. The SMILES string of the molecule is Cc1nc(SCc2ccccc2)[nH]c(=O)c1CC(=O)Nc1cccnc1. The second kappa shape index (κ2) is 8.44. The van der Waals surface area contributed by atoms with E-state index in [1.165, 1.54) is 11.8 Å². The summed E-state index contributed by atoms with van der Waals surface area (Å²) < 4.78 is 0. The molecule has 0 bridgehead atoms. The summed E-state index contributed by atoms with van der Waals surface area (Å²) in [6, 6.07) is 13.4. The molecule has 0 saturated heterocycles. The highest BCUT2D eigenvalue weighted by Gasteiger charge is 2.13. The van der Waals surface area contributed by atoms with Crippen molar-refractivity contribution in [1.82, 2.24) is 15.0 Å². The number of amides is 1. The number of hydrogen-bond acceptors (Lipinski definition) is 5. The van der Waals surface area contributed by atoms with Gasteiger partial charge in [0.1, 0.15) is 0 Å². The van der Waals surface area contributed by atoms with Crippen molar-refractivity contribution in [3.8, 4) is 0 Å². The molecule has 3 rings (SSSR count). The first kappa shape index (κ1) is 17.9. The number of aromatic amines is 1. The molecule has 0 spiro atoms. The molecule has 0 atom stereocenters. The summed E-state index contributed by atoms with van der Waals surface area (Å²) in [4.78, 5) is 35.6. The quantitative estimate of drug-likeness (QED) is 0.517. The zero-order chi connectivity index (χ0) is 18.4. The Morgan fingerprint density at radius 3 is 2.69 bits per heavy atom. The Bertz CT molecular complexity index is 943. The lowest BCUT2D eigenvalue weighted by Gasteiger charge is -2.08. The summed E-state index contributed by atoms with van der Waals surface area (Å²) in [5, 5.41) is 3.27. The molecule has 0 aliphatic heterocycles. The number of aromatic nitrogens is 3. The lowest BCUT2D eigenvalue weighted by Crippen LogP contribution is -2.23. The lowest BCUT2D eigenvalue weighted by molar-refractivity contribution is -0.115. The van der Waals surface area contributed by atoms with Crippen LogP contribution in [0, 0.1) is 6.92 Å². The van der Waals surface area contributed by atoms with Crippen LogP contribution in [-0.2, 0) is 17.0 Å². The highest BCUT2D eigenvalue weighted by Crippen LogP contribution is 2.18. The van der Waals surface area contributed by atoms with Crippen molar-refractivity contribution >= 4 is 23.4 Å². The molecule has 2 aromatic heterocycles. The smallest absolute Gasteiger partial charge is 0.255 e. The van der Waals surface area contributed by atoms with Crippen molar-refractivity contribution in [2.24, 2.45) is 0 Å². The van der Waals surface area contributed by atoms with E-state index < -0.39 is 0 Å². The number of pyridine rings is 1. The number of nitrogens with one attached hydrogen (secondary N) is 2. The first-order valence-corrected chi connectivity index (χ1v) is 9.07. The summed E-state index contributed by atoms with van der Waals surface area (Å²) in [5.41, 5.74) is 2.39. The molecule has 0 aliphatic carbocycles. The monoisotopic (exact) mass is 366 g/mol. The molecule has 1 amide bonds. The summed E-state index contributed by atoms with van der Waals surface area (Å²) >= 11 is 1.46. The molecular weight excluding hydrogens is 348 g/mol. The van der Waals surface area contributed by atoms with Crippen LogP contribution < -0.4 is 10.9 Å². The van der Waals surface area contributed by atoms with Gasteiger partial charge in [0, 0.05) is 23.2 Å². The third kappa shape index (κ3) is 4.80. The minimum absolute atomic E-state index is 0.0350.